The quantitative estimate of drug-likeness (QED) is 0.580. The van der Waals surface area contributed by atoms with Crippen molar-refractivity contribution in [2.24, 2.45) is 0 Å². The van der Waals surface area contributed by atoms with Crippen LogP contribution < -0.4 is 0 Å². The molecule has 1 saturated heterocycles. The Bertz CT molecular complexity index is 165. The number of hydrogen-bond acceptors (Lipinski definition) is 2. The van der Waals surface area contributed by atoms with Gasteiger partial charge in [0, 0.05) is 6.10 Å². The first-order valence-corrected chi connectivity index (χ1v) is 10.8. The molecule has 0 amide bonds. The van der Waals surface area contributed by atoms with Gasteiger partial charge in [-0.2, -0.15) is 0 Å². The van der Waals surface area contributed by atoms with Crippen molar-refractivity contribution < 1.29 is 9.22 Å². The van der Waals surface area contributed by atoms with Crippen LogP contribution in [0.15, 0.2) is 0 Å². The summed E-state index contributed by atoms with van der Waals surface area (Å²) in [5.74, 6) is 0. The third-order valence-corrected chi connectivity index (χ3v) is 16.6. The fourth-order valence-corrected chi connectivity index (χ4v) is 8.03. The Kier molecular flexibility index (Phi) is 7.28. The van der Waals surface area contributed by atoms with Crippen molar-refractivity contribution in [2.45, 2.75) is 45.1 Å². The maximum absolute atomic E-state index is 10.1. The van der Waals surface area contributed by atoms with E-state index in [-0.39, 0.29) is 37.7 Å². The van der Waals surface area contributed by atoms with E-state index in [1.807, 2.05) is 6.55 Å². The average molecular weight is 206 g/mol. The molecular weight excluding hydrogens is 186 g/mol. The van der Waals surface area contributed by atoms with Crippen LogP contribution in [-0.2, 0) is 4.43 Å². The van der Waals surface area contributed by atoms with Gasteiger partial charge in [-0.15, -0.1) is 0 Å². The van der Waals surface area contributed by atoms with Crippen molar-refractivity contribution in [1.29, 1.82) is 0 Å². The molecule has 0 bridgehead atoms. The molecule has 0 aromatic rings. The molecule has 1 aliphatic heterocycles. The summed E-state index contributed by atoms with van der Waals surface area (Å²) in [6.45, 7) is 8.45. The first-order chi connectivity index (χ1) is 4.85. The molecule has 0 radical (unpaired) electrons. The minimum absolute atomic E-state index is 0. The van der Waals surface area contributed by atoms with Crippen molar-refractivity contribution in [3.8, 4) is 0 Å². The van der Waals surface area contributed by atoms with E-state index >= 15 is 0 Å². The van der Waals surface area contributed by atoms with Gasteiger partial charge < -0.3 is 9.22 Å². The van der Waals surface area contributed by atoms with Gasteiger partial charge in [0.05, 0.1) is 0 Å². The van der Waals surface area contributed by atoms with Crippen LogP contribution in [0, 0.1) is 0 Å². The summed E-state index contributed by atoms with van der Waals surface area (Å²) in [7, 11) is -3.63. The van der Waals surface area contributed by atoms with Gasteiger partial charge in [0.2, 0.25) is 15.7 Å². The molecule has 1 rings (SSSR count). The van der Waals surface area contributed by atoms with Gasteiger partial charge in [-0.25, -0.2) is 0 Å². The van der Waals surface area contributed by atoms with Crippen LogP contribution in [0.1, 0.15) is 13.3 Å². The maximum atomic E-state index is 10.1. The number of hydrogen-bond donors (Lipinski definition) is 1. The van der Waals surface area contributed by atoms with E-state index in [4.69, 9.17) is 4.43 Å². The van der Waals surface area contributed by atoms with E-state index in [1.165, 1.54) is 0 Å². The Balaban J connectivity index is 0. The van der Waals surface area contributed by atoms with Crippen LogP contribution in [0.4, 0.5) is 0 Å². The molecular formula is C7H20Li2O2Si2. The van der Waals surface area contributed by atoms with Crippen molar-refractivity contribution >= 4 is 53.4 Å². The summed E-state index contributed by atoms with van der Waals surface area (Å²) in [6, 6.07) is 1.04. The summed E-state index contributed by atoms with van der Waals surface area (Å²) < 4.78 is 5.84. The zero-order chi connectivity index (χ0) is 8.70. The van der Waals surface area contributed by atoms with E-state index < -0.39 is 15.7 Å². The molecule has 6 heteroatoms. The van der Waals surface area contributed by atoms with Gasteiger partial charge in [-0.3, -0.25) is 0 Å². The van der Waals surface area contributed by atoms with E-state index in [0.29, 0.717) is 6.10 Å². The van der Waals surface area contributed by atoms with E-state index in [1.54, 1.807) is 0 Å². The van der Waals surface area contributed by atoms with Crippen LogP contribution in [0.5, 0.6) is 0 Å². The van der Waals surface area contributed by atoms with Crippen molar-refractivity contribution in [3.63, 3.8) is 0 Å². The monoisotopic (exact) mass is 206 g/mol. The third kappa shape index (κ3) is 3.89. The summed E-state index contributed by atoms with van der Waals surface area (Å²) in [5.41, 5.74) is 0. The van der Waals surface area contributed by atoms with Gasteiger partial charge in [0.15, 0.2) is 0 Å². The summed E-state index contributed by atoms with van der Waals surface area (Å²) in [5, 5.41) is 0. The van der Waals surface area contributed by atoms with Gasteiger partial charge in [0.25, 0.3) is 0 Å². The Morgan fingerprint density at radius 1 is 1.23 bits per heavy atom. The molecule has 0 aliphatic carbocycles. The van der Waals surface area contributed by atoms with Crippen LogP contribution >= 0.6 is 0 Å². The molecule has 13 heavy (non-hydrogen) atoms. The minimum atomic E-state index is -1.94. The normalized spacial score (nSPS) is 37.2. The van der Waals surface area contributed by atoms with E-state index in [2.05, 4.69) is 20.0 Å². The second-order valence-corrected chi connectivity index (χ2v) is 17.4. The molecule has 0 aromatic carbocycles. The molecule has 2 atom stereocenters. The molecule has 0 spiro atoms. The second kappa shape index (κ2) is 5.58. The predicted molar refractivity (Wildman–Crippen MR) is 65.6 cm³/mol. The van der Waals surface area contributed by atoms with Gasteiger partial charge in [-0.1, -0.05) is 0 Å². The van der Waals surface area contributed by atoms with E-state index in [0.717, 1.165) is 12.5 Å². The first kappa shape index (κ1) is 17.0. The summed E-state index contributed by atoms with van der Waals surface area (Å²) >= 11 is 0. The van der Waals surface area contributed by atoms with Gasteiger partial charge >= 0.3 is 37.7 Å². The van der Waals surface area contributed by atoms with E-state index in [9.17, 15) is 4.80 Å². The molecule has 2 unspecified atom stereocenters. The molecule has 0 saturated carbocycles. The Morgan fingerprint density at radius 2 is 1.69 bits per heavy atom. The van der Waals surface area contributed by atoms with Crippen LogP contribution in [0.2, 0.25) is 25.7 Å². The topological polar surface area (TPSA) is 29.5 Å². The Morgan fingerprint density at radius 3 is 2.00 bits per heavy atom. The molecule has 0 aromatic heterocycles. The molecule has 1 N–H and O–H groups in total. The zero-order valence-corrected chi connectivity index (χ0v) is 9.85. The van der Waals surface area contributed by atoms with Crippen LogP contribution in [-0.4, -0.2) is 64.3 Å². The Labute approximate surface area is 107 Å². The molecule has 70 valence electrons. The average Bonchev–Trinajstić information content (AvgIpc) is 1.80. The third-order valence-electron chi connectivity index (χ3n) is 2.83. The van der Waals surface area contributed by atoms with Gasteiger partial charge in [-0.05, 0) is 39.0 Å². The van der Waals surface area contributed by atoms with Gasteiger partial charge in [0.1, 0.15) is 0 Å². The molecule has 1 fully saturated rings. The van der Waals surface area contributed by atoms with Crippen LogP contribution in [0.25, 0.3) is 0 Å². The molecule has 1 aliphatic rings. The SMILES string of the molecule is CC1CC[Si](C)(O)[Si](C)(C)O1.[LiH].[LiH]. The van der Waals surface area contributed by atoms with Crippen molar-refractivity contribution in [3.05, 3.63) is 0 Å². The summed E-state index contributed by atoms with van der Waals surface area (Å²) in [4.78, 5) is 10.1. The van der Waals surface area contributed by atoms with Crippen LogP contribution in [0.3, 0.4) is 0 Å². The summed E-state index contributed by atoms with van der Waals surface area (Å²) in [6.07, 6.45) is 1.43. The van der Waals surface area contributed by atoms with Crippen molar-refractivity contribution in [1.82, 2.24) is 0 Å². The van der Waals surface area contributed by atoms with Crippen molar-refractivity contribution in [2.75, 3.05) is 0 Å². The predicted octanol–water partition coefficient (Wildman–Crippen LogP) is 0.349. The first-order valence-electron chi connectivity index (χ1n) is 4.25. The fourth-order valence-electron chi connectivity index (χ4n) is 1.47. The number of rotatable bonds is 0. The Hall–Kier alpha value is 1.55. The zero-order valence-electron chi connectivity index (χ0n) is 7.85. The second-order valence-electron chi connectivity index (χ2n) is 4.25. The standard InChI is InChI=1S/C7H18O2Si2.2Li.2H/c1-7-5-6-11(4,8)10(2,3)9-7;;;;/h7-8H,5-6H2,1-4H3;;;;. The fraction of sp³-hybridized carbons (Fsp3) is 1.00. The molecule has 2 nitrogen and oxygen atoms in total. The molecule has 1 heterocycles.